The van der Waals surface area contributed by atoms with Gasteiger partial charge in [0.1, 0.15) is 0 Å². The lowest BCUT2D eigenvalue weighted by atomic mass is 9.91. The smallest absolute Gasteiger partial charge is 0.0931 e. The second-order valence-electron chi connectivity index (χ2n) is 4.43. The molecule has 0 radical (unpaired) electrons. The van der Waals surface area contributed by atoms with E-state index < -0.39 is 0 Å². The Kier molecular flexibility index (Phi) is 5.27. The second kappa shape index (κ2) is 6.24. The van der Waals surface area contributed by atoms with E-state index in [0.717, 1.165) is 23.8 Å². The first-order valence-electron chi connectivity index (χ1n) is 5.40. The topological polar surface area (TPSA) is 35.8 Å². The number of thiophene rings is 1. The molecule has 88 valence electrons. The maximum Gasteiger partial charge on any atom is 0.0931 e. The molecule has 2 nitrogen and oxygen atoms in total. The first-order valence-corrected chi connectivity index (χ1v) is 6.59. The van der Waals surface area contributed by atoms with E-state index in [1.807, 2.05) is 6.07 Å². The third-order valence-electron chi connectivity index (χ3n) is 2.45. The molecule has 0 aliphatic rings. The number of nitriles is 1. The lowest BCUT2D eigenvalue weighted by Crippen LogP contribution is -2.32. The van der Waals surface area contributed by atoms with Crippen LogP contribution in [0.15, 0.2) is 12.1 Å². The van der Waals surface area contributed by atoms with Gasteiger partial charge in [-0.25, -0.2) is 0 Å². The molecule has 0 unspecified atom stereocenters. The van der Waals surface area contributed by atoms with Crippen LogP contribution in [0.3, 0.4) is 0 Å². The van der Waals surface area contributed by atoms with Gasteiger partial charge < -0.3 is 5.32 Å². The fourth-order valence-electron chi connectivity index (χ4n) is 1.46. The largest absolute Gasteiger partial charge is 0.316 e. The van der Waals surface area contributed by atoms with Crippen molar-refractivity contribution in [3.05, 3.63) is 21.3 Å². The van der Waals surface area contributed by atoms with E-state index in [4.69, 9.17) is 16.9 Å². The van der Waals surface area contributed by atoms with Crippen molar-refractivity contribution in [1.29, 1.82) is 5.26 Å². The monoisotopic (exact) mass is 256 g/mol. The van der Waals surface area contributed by atoms with Crippen LogP contribution >= 0.6 is 22.9 Å². The highest BCUT2D eigenvalue weighted by Crippen LogP contribution is 2.31. The number of hydrogen-bond donors (Lipinski definition) is 1. The van der Waals surface area contributed by atoms with Gasteiger partial charge in [-0.1, -0.05) is 25.4 Å². The minimum atomic E-state index is 0.102. The van der Waals surface area contributed by atoms with E-state index in [-0.39, 0.29) is 5.41 Å². The Morgan fingerprint density at radius 2 is 2.25 bits per heavy atom. The van der Waals surface area contributed by atoms with Gasteiger partial charge in [0.25, 0.3) is 0 Å². The maximum atomic E-state index is 8.42. The number of nitrogens with one attached hydrogen (secondary N) is 1. The van der Waals surface area contributed by atoms with Gasteiger partial charge in [0.05, 0.1) is 10.4 Å². The average Bonchev–Trinajstić information content (AvgIpc) is 2.65. The number of halogens is 1. The van der Waals surface area contributed by atoms with E-state index >= 15 is 0 Å². The van der Waals surface area contributed by atoms with Crippen LogP contribution in [0.25, 0.3) is 0 Å². The van der Waals surface area contributed by atoms with Crippen LogP contribution in [-0.4, -0.2) is 13.1 Å². The number of nitrogens with zero attached hydrogens (tertiary/aromatic N) is 1. The minimum Gasteiger partial charge on any atom is -0.316 e. The summed E-state index contributed by atoms with van der Waals surface area (Å²) in [6.07, 6.45) is 1.54. The number of rotatable bonds is 6. The third-order valence-corrected chi connectivity index (χ3v) is 4.05. The predicted molar refractivity (Wildman–Crippen MR) is 70.1 cm³/mol. The molecule has 16 heavy (non-hydrogen) atoms. The molecule has 0 spiro atoms. The summed E-state index contributed by atoms with van der Waals surface area (Å²) in [6.45, 7) is 6.21. The van der Waals surface area contributed by atoms with Crippen LogP contribution < -0.4 is 5.32 Å². The van der Waals surface area contributed by atoms with Crippen LogP contribution in [0.2, 0.25) is 4.34 Å². The van der Waals surface area contributed by atoms with Gasteiger partial charge in [-0.15, -0.1) is 11.3 Å². The maximum absolute atomic E-state index is 8.42. The summed E-state index contributed by atoms with van der Waals surface area (Å²) < 4.78 is 0.840. The molecule has 0 saturated heterocycles. The molecule has 0 saturated carbocycles. The van der Waals surface area contributed by atoms with Gasteiger partial charge >= 0.3 is 0 Å². The molecule has 0 fully saturated rings. The van der Waals surface area contributed by atoms with E-state index in [1.165, 1.54) is 4.88 Å². The normalized spacial score (nSPS) is 11.4. The summed E-state index contributed by atoms with van der Waals surface area (Å²) in [6, 6.07) is 6.18. The Morgan fingerprint density at radius 3 is 2.81 bits per heavy atom. The zero-order valence-electron chi connectivity index (χ0n) is 9.72. The SMILES string of the molecule is CC(C)(CNCCCC#N)c1ccc(Cl)s1. The first kappa shape index (κ1) is 13.5. The molecule has 0 aliphatic carbocycles. The highest BCUT2D eigenvalue weighted by molar-refractivity contribution is 7.16. The molecule has 1 rings (SSSR count). The molecular formula is C12H17ClN2S. The molecular weight excluding hydrogens is 240 g/mol. The van der Waals surface area contributed by atoms with Gasteiger partial charge in [0, 0.05) is 23.3 Å². The molecule has 0 aromatic carbocycles. The van der Waals surface area contributed by atoms with E-state index in [1.54, 1.807) is 11.3 Å². The van der Waals surface area contributed by atoms with Crippen molar-refractivity contribution in [2.24, 2.45) is 0 Å². The highest BCUT2D eigenvalue weighted by Gasteiger charge is 2.21. The van der Waals surface area contributed by atoms with Crippen molar-refractivity contribution in [3.63, 3.8) is 0 Å². The van der Waals surface area contributed by atoms with E-state index in [9.17, 15) is 0 Å². The molecule has 1 N–H and O–H groups in total. The lowest BCUT2D eigenvalue weighted by molar-refractivity contribution is 0.475. The van der Waals surface area contributed by atoms with Crippen LogP contribution in [0.5, 0.6) is 0 Å². The lowest BCUT2D eigenvalue weighted by Gasteiger charge is -2.23. The van der Waals surface area contributed by atoms with Crippen molar-refractivity contribution in [2.75, 3.05) is 13.1 Å². The summed E-state index contributed by atoms with van der Waals surface area (Å²) >= 11 is 7.57. The summed E-state index contributed by atoms with van der Waals surface area (Å²) in [5.41, 5.74) is 0.102. The minimum absolute atomic E-state index is 0.102. The van der Waals surface area contributed by atoms with Crippen molar-refractivity contribution in [3.8, 4) is 6.07 Å². The predicted octanol–water partition coefficient (Wildman–Crippen LogP) is 3.57. The van der Waals surface area contributed by atoms with Gasteiger partial charge in [-0.3, -0.25) is 0 Å². The van der Waals surface area contributed by atoms with Crippen LogP contribution in [-0.2, 0) is 5.41 Å². The Labute approximate surface area is 106 Å². The summed E-state index contributed by atoms with van der Waals surface area (Å²) in [5, 5.41) is 11.8. The van der Waals surface area contributed by atoms with Gasteiger partial charge in [0.15, 0.2) is 0 Å². The third kappa shape index (κ3) is 4.13. The van der Waals surface area contributed by atoms with Crippen LogP contribution in [0.1, 0.15) is 31.6 Å². The molecule has 0 bridgehead atoms. The van der Waals surface area contributed by atoms with Crippen LogP contribution in [0.4, 0.5) is 0 Å². The molecule has 1 heterocycles. The quantitative estimate of drug-likeness (QED) is 0.790. The highest BCUT2D eigenvalue weighted by atomic mass is 35.5. The molecule has 0 atom stereocenters. The number of unbranched alkanes of at least 4 members (excludes halogenated alkanes) is 1. The van der Waals surface area contributed by atoms with Gasteiger partial charge in [-0.05, 0) is 25.1 Å². The Bertz CT molecular complexity index is 365. The summed E-state index contributed by atoms with van der Waals surface area (Å²) in [4.78, 5) is 1.30. The van der Waals surface area contributed by atoms with Crippen LogP contribution in [0, 0.1) is 11.3 Å². The average molecular weight is 257 g/mol. The van der Waals surface area contributed by atoms with E-state index in [2.05, 4.69) is 31.3 Å². The number of hydrogen-bond acceptors (Lipinski definition) is 3. The standard InChI is InChI=1S/C12H17ClN2S/c1-12(2,9-15-8-4-3-7-14)10-5-6-11(13)16-10/h5-6,15H,3-4,8-9H2,1-2H3. The van der Waals surface area contributed by atoms with E-state index in [0.29, 0.717) is 6.42 Å². The zero-order valence-corrected chi connectivity index (χ0v) is 11.3. The zero-order chi connectivity index (χ0) is 12.0. The molecule has 0 amide bonds. The fourth-order valence-corrected chi connectivity index (χ4v) is 2.60. The molecule has 4 heteroatoms. The molecule has 1 aromatic rings. The Hall–Kier alpha value is -0.560. The Morgan fingerprint density at radius 1 is 1.50 bits per heavy atom. The van der Waals surface area contributed by atoms with Crippen molar-refractivity contribution < 1.29 is 0 Å². The summed E-state index contributed by atoms with van der Waals surface area (Å²) in [5.74, 6) is 0. The first-order chi connectivity index (χ1) is 7.56. The van der Waals surface area contributed by atoms with Crippen molar-refractivity contribution in [2.45, 2.75) is 32.1 Å². The molecule has 1 aromatic heterocycles. The second-order valence-corrected chi connectivity index (χ2v) is 6.14. The fraction of sp³-hybridized carbons (Fsp3) is 0.583. The van der Waals surface area contributed by atoms with Gasteiger partial charge in [0.2, 0.25) is 0 Å². The molecule has 0 aliphatic heterocycles. The van der Waals surface area contributed by atoms with Gasteiger partial charge in [-0.2, -0.15) is 5.26 Å². The Balaban J connectivity index is 2.37. The van der Waals surface area contributed by atoms with Crippen molar-refractivity contribution >= 4 is 22.9 Å². The summed E-state index contributed by atoms with van der Waals surface area (Å²) in [7, 11) is 0. The van der Waals surface area contributed by atoms with Crippen molar-refractivity contribution in [1.82, 2.24) is 5.32 Å².